The van der Waals surface area contributed by atoms with Crippen LogP contribution in [0.2, 0.25) is 0 Å². The molecule has 0 aliphatic carbocycles. The molecular formula is C20H26N4OS. The summed E-state index contributed by atoms with van der Waals surface area (Å²) in [6.45, 7) is 9.42. The van der Waals surface area contributed by atoms with Crippen molar-refractivity contribution in [1.82, 2.24) is 20.1 Å². The molecule has 0 bridgehead atoms. The number of H-pyrrole nitrogens is 1. The minimum absolute atomic E-state index is 0.148. The first-order valence-electron chi connectivity index (χ1n) is 9.14. The summed E-state index contributed by atoms with van der Waals surface area (Å²) in [4.78, 5) is 20.1. The topological polar surface area (TPSA) is 51.4 Å². The number of rotatable bonds is 6. The summed E-state index contributed by atoms with van der Waals surface area (Å²) in [6, 6.07) is 12.0. The van der Waals surface area contributed by atoms with Gasteiger partial charge in [0.15, 0.2) is 0 Å². The summed E-state index contributed by atoms with van der Waals surface area (Å²) >= 11 is 5.14. The molecule has 0 atom stereocenters. The number of pyridine rings is 1. The molecule has 138 valence electrons. The number of carbonyl (C=O) groups is 1. The maximum Gasteiger partial charge on any atom is 0.254 e. The van der Waals surface area contributed by atoms with E-state index in [2.05, 4.69) is 51.3 Å². The number of aromatic amines is 1. The molecular weight excluding hydrogens is 344 g/mol. The second-order valence-electron chi connectivity index (χ2n) is 6.62. The van der Waals surface area contributed by atoms with Crippen LogP contribution in [0.5, 0.6) is 0 Å². The lowest BCUT2D eigenvalue weighted by atomic mass is 10.1. The minimum Gasteiger partial charge on any atom is -0.352 e. The van der Waals surface area contributed by atoms with E-state index in [1.165, 1.54) is 5.56 Å². The number of carbonyl (C=O) groups excluding carboxylic acids is 1. The van der Waals surface area contributed by atoms with Gasteiger partial charge in [0, 0.05) is 45.5 Å². The Morgan fingerprint density at radius 2 is 1.73 bits per heavy atom. The number of aromatic nitrogens is 1. The standard InChI is InChI=1S/C20H26N4OS/c1-2-23-10-12-24(13-11-23)15-17-7-5-16(6-8-17)14-22-19(25)18-4-3-9-21-20(18)26/h3-9H,2,10-15H2,1H3,(H,21,26)(H,22,25). The monoisotopic (exact) mass is 370 g/mol. The molecule has 5 nitrogen and oxygen atoms in total. The Kier molecular flexibility index (Phi) is 6.55. The van der Waals surface area contributed by atoms with Crippen LogP contribution in [-0.4, -0.2) is 53.4 Å². The highest BCUT2D eigenvalue weighted by molar-refractivity contribution is 7.71. The molecule has 0 radical (unpaired) electrons. The number of benzene rings is 1. The van der Waals surface area contributed by atoms with Gasteiger partial charge in [-0.3, -0.25) is 9.69 Å². The average molecular weight is 371 g/mol. The number of likely N-dealkylation sites (N-methyl/N-ethyl adjacent to an activating group) is 1. The van der Waals surface area contributed by atoms with Crippen LogP contribution in [-0.2, 0) is 13.1 Å². The van der Waals surface area contributed by atoms with Gasteiger partial charge in [0.2, 0.25) is 0 Å². The molecule has 1 aliphatic rings. The third-order valence-electron chi connectivity index (χ3n) is 4.86. The number of amides is 1. The van der Waals surface area contributed by atoms with Crippen LogP contribution < -0.4 is 5.32 Å². The molecule has 1 amide bonds. The molecule has 6 heteroatoms. The summed E-state index contributed by atoms with van der Waals surface area (Å²) in [5.41, 5.74) is 2.91. The van der Waals surface area contributed by atoms with Crippen molar-refractivity contribution in [2.24, 2.45) is 0 Å². The summed E-state index contributed by atoms with van der Waals surface area (Å²) < 4.78 is 0.462. The second kappa shape index (κ2) is 9.07. The maximum atomic E-state index is 12.2. The minimum atomic E-state index is -0.148. The molecule has 1 aliphatic heterocycles. The smallest absolute Gasteiger partial charge is 0.254 e. The highest BCUT2D eigenvalue weighted by Gasteiger charge is 2.15. The van der Waals surface area contributed by atoms with E-state index in [1.54, 1.807) is 18.3 Å². The molecule has 0 spiro atoms. The number of hydrogen-bond acceptors (Lipinski definition) is 4. The Labute approximate surface area is 160 Å². The lowest BCUT2D eigenvalue weighted by Crippen LogP contribution is -2.45. The fourth-order valence-corrected chi connectivity index (χ4v) is 3.39. The van der Waals surface area contributed by atoms with Crippen molar-refractivity contribution < 1.29 is 4.79 Å². The normalized spacial score (nSPS) is 15.7. The summed E-state index contributed by atoms with van der Waals surface area (Å²) in [5.74, 6) is -0.148. The van der Waals surface area contributed by atoms with E-state index in [0.29, 0.717) is 16.7 Å². The van der Waals surface area contributed by atoms with Crippen LogP contribution >= 0.6 is 12.2 Å². The molecule has 2 N–H and O–H groups in total. The Bertz CT molecular complexity index is 779. The van der Waals surface area contributed by atoms with Crippen molar-refractivity contribution in [3.63, 3.8) is 0 Å². The first kappa shape index (κ1) is 18.8. The zero-order chi connectivity index (χ0) is 18.4. The lowest BCUT2D eigenvalue weighted by Gasteiger charge is -2.34. The predicted molar refractivity (Wildman–Crippen MR) is 107 cm³/mol. The maximum absolute atomic E-state index is 12.2. The van der Waals surface area contributed by atoms with Gasteiger partial charge in [-0.25, -0.2) is 0 Å². The lowest BCUT2D eigenvalue weighted by molar-refractivity contribution is 0.0950. The van der Waals surface area contributed by atoms with Gasteiger partial charge >= 0.3 is 0 Å². The van der Waals surface area contributed by atoms with E-state index in [9.17, 15) is 4.79 Å². The summed E-state index contributed by atoms with van der Waals surface area (Å²) in [5, 5.41) is 2.93. The molecule has 2 aromatic rings. The van der Waals surface area contributed by atoms with Crippen molar-refractivity contribution in [2.75, 3.05) is 32.7 Å². The first-order chi connectivity index (χ1) is 12.7. The molecule has 1 aromatic heterocycles. The van der Waals surface area contributed by atoms with E-state index in [4.69, 9.17) is 12.2 Å². The molecule has 2 heterocycles. The fraction of sp³-hybridized carbons (Fsp3) is 0.400. The van der Waals surface area contributed by atoms with E-state index >= 15 is 0 Å². The van der Waals surface area contributed by atoms with E-state index in [1.807, 2.05) is 0 Å². The number of nitrogens with zero attached hydrogens (tertiary/aromatic N) is 2. The van der Waals surface area contributed by atoms with Gasteiger partial charge in [-0.05, 0) is 29.8 Å². The molecule has 1 saturated heterocycles. The van der Waals surface area contributed by atoms with Crippen LogP contribution in [0.15, 0.2) is 42.6 Å². The fourth-order valence-electron chi connectivity index (χ4n) is 3.16. The largest absolute Gasteiger partial charge is 0.352 e. The zero-order valence-electron chi connectivity index (χ0n) is 15.2. The van der Waals surface area contributed by atoms with Crippen molar-refractivity contribution >= 4 is 18.1 Å². The first-order valence-corrected chi connectivity index (χ1v) is 9.55. The van der Waals surface area contributed by atoms with Crippen LogP contribution in [0.4, 0.5) is 0 Å². The SMILES string of the molecule is CCN1CCN(Cc2ccc(CNC(=O)c3ccc[nH]c3=S)cc2)CC1. The van der Waals surface area contributed by atoms with Crippen LogP contribution in [0.1, 0.15) is 28.4 Å². The van der Waals surface area contributed by atoms with Crippen LogP contribution in [0, 0.1) is 4.64 Å². The Morgan fingerprint density at radius 3 is 2.38 bits per heavy atom. The van der Waals surface area contributed by atoms with Gasteiger partial charge in [0.1, 0.15) is 4.64 Å². The van der Waals surface area contributed by atoms with Gasteiger partial charge < -0.3 is 15.2 Å². The third-order valence-corrected chi connectivity index (χ3v) is 5.19. The third kappa shape index (κ3) is 5.00. The molecule has 0 saturated carbocycles. The van der Waals surface area contributed by atoms with Crippen LogP contribution in [0.25, 0.3) is 0 Å². The van der Waals surface area contributed by atoms with Crippen molar-refractivity contribution in [3.05, 3.63) is 63.9 Å². The Morgan fingerprint density at radius 1 is 1.08 bits per heavy atom. The van der Waals surface area contributed by atoms with Crippen molar-refractivity contribution in [1.29, 1.82) is 0 Å². The Balaban J connectivity index is 1.49. The molecule has 1 aromatic carbocycles. The van der Waals surface area contributed by atoms with Crippen molar-refractivity contribution in [3.8, 4) is 0 Å². The molecule has 3 rings (SSSR count). The predicted octanol–water partition coefficient (Wildman–Crippen LogP) is 2.81. The number of nitrogens with one attached hydrogen (secondary N) is 2. The molecule has 26 heavy (non-hydrogen) atoms. The second-order valence-corrected chi connectivity index (χ2v) is 7.03. The number of hydrogen-bond donors (Lipinski definition) is 2. The average Bonchev–Trinajstić information content (AvgIpc) is 2.68. The summed E-state index contributed by atoms with van der Waals surface area (Å²) in [6.07, 6.45) is 1.72. The number of piperazine rings is 1. The van der Waals surface area contributed by atoms with E-state index < -0.39 is 0 Å². The highest BCUT2D eigenvalue weighted by Crippen LogP contribution is 2.10. The van der Waals surface area contributed by atoms with Gasteiger partial charge in [-0.2, -0.15) is 0 Å². The quantitative estimate of drug-likeness (QED) is 0.768. The van der Waals surface area contributed by atoms with Crippen molar-refractivity contribution in [2.45, 2.75) is 20.0 Å². The van der Waals surface area contributed by atoms with Crippen LogP contribution in [0.3, 0.4) is 0 Å². The molecule has 0 unspecified atom stereocenters. The Hall–Kier alpha value is -2.02. The highest BCUT2D eigenvalue weighted by atomic mass is 32.1. The summed E-state index contributed by atoms with van der Waals surface area (Å²) in [7, 11) is 0. The van der Waals surface area contributed by atoms with E-state index in [-0.39, 0.29) is 5.91 Å². The van der Waals surface area contributed by atoms with Gasteiger partial charge in [-0.1, -0.05) is 43.4 Å². The molecule has 1 fully saturated rings. The van der Waals surface area contributed by atoms with Gasteiger partial charge in [-0.15, -0.1) is 0 Å². The van der Waals surface area contributed by atoms with Gasteiger partial charge in [0.25, 0.3) is 5.91 Å². The van der Waals surface area contributed by atoms with Gasteiger partial charge in [0.05, 0.1) is 5.56 Å². The zero-order valence-corrected chi connectivity index (χ0v) is 16.0. The van der Waals surface area contributed by atoms with E-state index in [0.717, 1.165) is 44.8 Å².